The molecule has 0 amide bonds. The highest BCUT2D eigenvalue weighted by Crippen LogP contribution is 2.25. The van der Waals surface area contributed by atoms with Crippen LogP contribution in [0.4, 0.5) is 4.39 Å². The lowest BCUT2D eigenvalue weighted by atomic mass is 9.88. The predicted octanol–water partition coefficient (Wildman–Crippen LogP) is 3.76. The highest BCUT2D eigenvalue weighted by atomic mass is 19.1. The topological polar surface area (TPSA) is 20.2 Å². The molecule has 0 aliphatic heterocycles. The van der Waals surface area contributed by atoms with Crippen LogP contribution in [0.25, 0.3) is 0 Å². The van der Waals surface area contributed by atoms with Crippen LogP contribution in [0.5, 0.6) is 0 Å². The number of rotatable bonds is 4. The fourth-order valence-corrected chi connectivity index (χ4v) is 2.47. The molecule has 0 radical (unpaired) electrons. The molecule has 0 fully saturated rings. The average molecular weight is 258 g/mol. The van der Waals surface area contributed by atoms with Crippen molar-refractivity contribution in [3.05, 3.63) is 70.5 Å². The maximum Gasteiger partial charge on any atom is 0.123 e. The van der Waals surface area contributed by atoms with Crippen molar-refractivity contribution in [1.82, 2.24) is 0 Å². The monoisotopic (exact) mass is 258 g/mol. The highest BCUT2D eigenvalue weighted by molar-refractivity contribution is 5.35. The lowest BCUT2D eigenvalue weighted by molar-refractivity contribution is 0.264. The lowest BCUT2D eigenvalue weighted by Gasteiger charge is -2.18. The molecule has 19 heavy (non-hydrogen) atoms. The normalized spacial score (nSPS) is 12.4. The van der Waals surface area contributed by atoms with Gasteiger partial charge in [-0.15, -0.1) is 0 Å². The molecule has 0 bridgehead atoms. The third-order valence-electron chi connectivity index (χ3n) is 3.64. The molecule has 1 unspecified atom stereocenters. The minimum atomic E-state index is -0.252. The molecule has 100 valence electrons. The summed E-state index contributed by atoms with van der Waals surface area (Å²) in [5, 5.41) is 9.59. The Balaban J connectivity index is 2.29. The van der Waals surface area contributed by atoms with Gasteiger partial charge < -0.3 is 5.11 Å². The average Bonchev–Trinajstić information content (AvgIpc) is 2.38. The Bertz CT molecular complexity index is 543. The van der Waals surface area contributed by atoms with E-state index >= 15 is 0 Å². The van der Waals surface area contributed by atoms with E-state index in [1.54, 1.807) is 6.07 Å². The van der Waals surface area contributed by atoms with E-state index in [4.69, 9.17) is 0 Å². The summed E-state index contributed by atoms with van der Waals surface area (Å²) in [6.45, 7) is 4.17. The van der Waals surface area contributed by atoms with Crippen LogP contribution in [0, 0.1) is 19.7 Å². The molecular weight excluding hydrogens is 239 g/mol. The van der Waals surface area contributed by atoms with Crippen LogP contribution >= 0.6 is 0 Å². The SMILES string of the molecule is Cc1cccc(C)c1CC(CO)c1cccc(F)c1. The van der Waals surface area contributed by atoms with E-state index in [-0.39, 0.29) is 18.3 Å². The van der Waals surface area contributed by atoms with Gasteiger partial charge in [-0.2, -0.15) is 0 Å². The molecule has 1 atom stereocenters. The molecule has 2 aromatic carbocycles. The molecule has 2 rings (SSSR count). The second-order valence-electron chi connectivity index (χ2n) is 5.01. The number of hydrogen-bond acceptors (Lipinski definition) is 1. The number of aryl methyl sites for hydroxylation is 2. The third kappa shape index (κ3) is 3.21. The van der Waals surface area contributed by atoms with Gasteiger partial charge in [-0.05, 0) is 54.7 Å². The summed E-state index contributed by atoms with van der Waals surface area (Å²) in [6.07, 6.45) is 0.735. The number of benzene rings is 2. The van der Waals surface area contributed by atoms with Gasteiger partial charge in [-0.3, -0.25) is 0 Å². The number of aliphatic hydroxyl groups excluding tert-OH is 1. The molecule has 0 spiro atoms. The van der Waals surface area contributed by atoms with E-state index in [0.29, 0.717) is 0 Å². The molecule has 0 aromatic heterocycles. The number of halogens is 1. The van der Waals surface area contributed by atoms with Crippen molar-refractivity contribution in [2.45, 2.75) is 26.2 Å². The van der Waals surface area contributed by atoms with Crippen LogP contribution in [-0.2, 0) is 6.42 Å². The van der Waals surface area contributed by atoms with E-state index in [1.165, 1.54) is 28.8 Å². The van der Waals surface area contributed by atoms with Crippen molar-refractivity contribution in [3.63, 3.8) is 0 Å². The van der Waals surface area contributed by atoms with Crippen LogP contribution in [0.2, 0.25) is 0 Å². The summed E-state index contributed by atoms with van der Waals surface area (Å²) < 4.78 is 13.3. The zero-order chi connectivity index (χ0) is 13.8. The molecule has 0 saturated carbocycles. The van der Waals surface area contributed by atoms with E-state index < -0.39 is 0 Å². The van der Waals surface area contributed by atoms with Crippen LogP contribution in [0.1, 0.15) is 28.2 Å². The summed E-state index contributed by atoms with van der Waals surface area (Å²) in [7, 11) is 0. The molecule has 0 aliphatic carbocycles. The molecule has 1 nitrogen and oxygen atoms in total. The van der Waals surface area contributed by atoms with Gasteiger partial charge in [0.1, 0.15) is 5.82 Å². The second-order valence-corrected chi connectivity index (χ2v) is 5.01. The Labute approximate surface area is 113 Å². The Morgan fingerprint density at radius 1 is 1.05 bits per heavy atom. The minimum absolute atomic E-state index is 0.0250. The van der Waals surface area contributed by atoms with E-state index in [0.717, 1.165) is 12.0 Å². The fourth-order valence-electron chi connectivity index (χ4n) is 2.47. The van der Waals surface area contributed by atoms with Gasteiger partial charge in [0.15, 0.2) is 0 Å². The largest absolute Gasteiger partial charge is 0.396 e. The van der Waals surface area contributed by atoms with Crippen molar-refractivity contribution in [2.75, 3.05) is 6.61 Å². The first-order chi connectivity index (χ1) is 9.11. The maximum atomic E-state index is 13.3. The molecule has 0 heterocycles. The first kappa shape index (κ1) is 13.8. The van der Waals surface area contributed by atoms with Crippen molar-refractivity contribution in [3.8, 4) is 0 Å². The van der Waals surface area contributed by atoms with E-state index in [2.05, 4.69) is 26.0 Å². The Morgan fingerprint density at radius 3 is 2.26 bits per heavy atom. The van der Waals surface area contributed by atoms with Crippen molar-refractivity contribution in [2.24, 2.45) is 0 Å². The van der Waals surface area contributed by atoms with Crippen LogP contribution in [-0.4, -0.2) is 11.7 Å². The van der Waals surface area contributed by atoms with Gasteiger partial charge in [0.05, 0.1) is 6.61 Å². The quantitative estimate of drug-likeness (QED) is 0.885. The van der Waals surface area contributed by atoms with Gasteiger partial charge in [0.2, 0.25) is 0 Å². The number of aliphatic hydroxyl groups is 1. The highest BCUT2D eigenvalue weighted by Gasteiger charge is 2.14. The molecule has 0 saturated heterocycles. The Kier molecular flexibility index (Phi) is 4.33. The van der Waals surface area contributed by atoms with Gasteiger partial charge in [-0.1, -0.05) is 30.3 Å². The summed E-state index contributed by atoms with van der Waals surface area (Å²) >= 11 is 0. The van der Waals surface area contributed by atoms with Crippen LogP contribution < -0.4 is 0 Å². The smallest absolute Gasteiger partial charge is 0.123 e. The van der Waals surface area contributed by atoms with E-state index in [9.17, 15) is 9.50 Å². The summed E-state index contributed by atoms with van der Waals surface area (Å²) in [5.41, 5.74) is 4.53. The Hall–Kier alpha value is -1.67. The third-order valence-corrected chi connectivity index (χ3v) is 3.64. The first-order valence-electron chi connectivity index (χ1n) is 6.53. The summed E-state index contributed by atoms with van der Waals surface area (Å²) in [4.78, 5) is 0. The summed E-state index contributed by atoms with van der Waals surface area (Å²) in [6, 6.07) is 12.7. The van der Waals surface area contributed by atoms with Gasteiger partial charge in [0, 0.05) is 5.92 Å². The first-order valence-corrected chi connectivity index (χ1v) is 6.53. The summed E-state index contributed by atoms with van der Waals surface area (Å²) in [5.74, 6) is -0.312. The molecule has 0 aliphatic rings. The molecule has 1 N–H and O–H groups in total. The van der Waals surface area contributed by atoms with Gasteiger partial charge in [-0.25, -0.2) is 4.39 Å². The second kappa shape index (κ2) is 5.98. The zero-order valence-corrected chi connectivity index (χ0v) is 11.4. The van der Waals surface area contributed by atoms with Crippen molar-refractivity contribution >= 4 is 0 Å². The minimum Gasteiger partial charge on any atom is -0.396 e. The molecule has 2 aromatic rings. The zero-order valence-electron chi connectivity index (χ0n) is 11.4. The standard InChI is InChI=1S/C17H19FO/c1-12-5-3-6-13(2)17(12)10-15(11-19)14-7-4-8-16(18)9-14/h3-9,15,19H,10-11H2,1-2H3. The Morgan fingerprint density at radius 2 is 1.68 bits per heavy atom. The maximum absolute atomic E-state index is 13.3. The van der Waals surface area contributed by atoms with Crippen molar-refractivity contribution in [1.29, 1.82) is 0 Å². The van der Waals surface area contributed by atoms with Gasteiger partial charge in [0.25, 0.3) is 0 Å². The predicted molar refractivity (Wildman–Crippen MR) is 75.8 cm³/mol. The fraction of sp³-hybridized carbons (Fsp3) is 0.294. The van der Waals surface area contributed by atoms with E-state index in [1.807, 2.05) is 12.1 Å². The molecular formula is C17H19FO. The van der Waals surface area contributed by atoms with Crippen LogP contribution in [0.15, 0.2) is 42.5 Å². The number of hydrogen-bond donors (Lipinski definition) is 1. The molecule has 2 heteroatoms. The van der Waals surface area contributed by atoms with Crippen molar-refractivity contribution < 1.29 is 9.50 Å². The lowest BCUT2D eigenvalue weighted by Crippen LogP contribution is -2.10. The van der Waals surface area contributed by atoms with Gasteiger partial charge >= 0.3 is 0 Å². The van der Waals surface area contributed by atoms with Crippen LogP contribution in [0.3, 0.4) is 0 Å².